The second kappa shape index (κ2) is 11.5. The first kappa shape index (κ1) is 25.8. The van der Waals surface area contributed by atoms with Crippen molar-refractivity contribution in [3.63, 3.8) is 0 Å². The molecule has 2 heterocycles. The highest BCUT2D eigenvalue weighted by molar-refractivity contribution is 7.89. The van der Waals surface area contributed by atoms with E-state index in [2.05, 4.69) is 20.4 Å². The Kier molecular flexibility index (Phi) is 9.00. The zero-order valence-corrected chi connectivity index (χ0v) is 21.5. The minimum atomic E-state index is -3.69. The molecule has 4 nitrogen and oxygen atoms in total. The van der Waals surface area contributed by atoms with Gasteiger partial charge in [0.2, 0.25) is 10.0 Å². The third-order valence-corrected chi connectivity index (χ3v) is 9.08. The molecule has 1 fully saturated rings. The van der Waals surface area contributed by atoms with Gasteiger partial charge in [0.05, 0.1) is 17.2 Å². The molecule has 182 valence electrons. The van der Waals surface area contributed by atoms with Crippen LogP contribution in [0.5, 0.6) is 0 Å². The van der Waals surface area contributed by atoms with E-state index in [1.165, 1.54) is 25.7 Å². The highest BCUT2D eigenvalue weighted by Crippen LogP contribution is 2.57. The van der Waals surface area contributed by atoms with E-state index < -0.39 is 10.0 Å². The third kappa shape index (κ3) is 5.63. The van der Waals surface area contributed by atoms with Crippen molar-refractivity contribution >= 4 is 10.0 Å². The average Bonchev–Trinajstić information content (AvgIpc) is 3.42. The quantitative estimate of drug-likeness (QED) is 0.221. The fourth-order valence-electron chi connectivity index (χ4n) is 5.32. The lowest BCUT2D eigenvalue weighted by molar-refractivity contribution is 0.170. The molecule has 0 saturated carbocycles. The molecule has 1 aliphatic rings. The van der Waals surface area contributed by atoms with Crippen LogP contribution in [0.15, 0.2) is 64.1 Å². The molecule has 1 aliphatic heterocycles. The van der Waals surface area contributed by atoms with Crippen LogP contribution in [0.1, 0.15) is 95.4 Å². The number of furan rings is 1. The first-order chi connectivity index (χ1) is 15.9. The van der Waals surface area contributed by atoms with Crippen LogP contribution in [-0.2, 0) is 10.0 Å². The molecule has 0 aliphatic carbocycles. The van der Waals surface area contributed by atoms with Crippen molar-refractivity contribution < 1.29 is 12.8 Å². The summed E-state index contributed by atoms with van der Waals surface area (Å²) in [5.74, 6) is 0.732. The van der Waals surface area contributed by atoms with Crippen LogP contribution < -0.4 is 0 Å². The van der Waals surface area contributed by atoms with E-state index >= 15 is 0 Å². The molecular formula is C28H41NO3S. The van der Waals surface area contributed by atoms with E-state index in [0.717, 1.165) is 55.4 Å². The fraction of sp³-hybridized carbons (Fsp3) is 0.571. The molecular weight excluding hydrogens is 430 g/mol. The molecule has 0 radical (unpaired) electrons. The zero-order valence-electron chi connectivity index (χ0n) is 20.7. The Morgan fingerprint density at radius 3 is 2.09 bits per heavy atom. The van der Waals surface area contributed by atoms with Gasteiger partial charge in [-0.15, -0.1) is 0 Å². The molecule has 1 saturated heterocycles. The molecule has 1 aromatic carbocycles. The number of hydrogen-bond acceptors (Lipinski definition) is 3. The highest BCUT2D eigenvalue weighted by Gasteiger charge is 2.54. The van der Waals surface area contributed by atoms with E-state index in [1.54, 1.807) is 22.7 Å². The first-order valence-corrected chi connectivity index (χ1v) is 14.1. The van der Waals surface area contributed by atoms with Crippen molar-refractivity contribution in [3.8, 4) is 0 Å². The molecule has 0 amide bonds. The number of benzene rings is 1. The van der Waals surface area contributed by atoms with E-state index in [-0.39, 0.29) is 11.5 Å². The zero-order chi connectivity index (χ0) is 23.9. The van der Waals surface area contributed by atoms with Crippen molar-refractivity contribution in [2.45, 2.75) is 95.9 Å². The summed E-state index contributed by atoms with van der Waals surface area (Å²) in [6.45, 7) is 11.2. The number of rotatable bonds is 13. The van der Waals surface area contributed by atoms with Crippen LogP contribution >= 0.6 is 0 Å². The van der Waals surface area contributed by atoms with Gasteiger partial charge in [-0.2, -0.15) is 4.31 Å². The molecule has 1 aromatic heterocycles. The Hall–Kier alpha value is -1.85. The lowest BCUT2D eigenvalue weighted by Gasteiger charge is -2.38. The smallest absolute Gasteiger partial charge is 0.244 e. The van der Waals surface area contributed by atoms with Crippen LogP contribution in [0, 0.1) is 12.3 Å². The van der Waals surface area contributed by atoms with Crippen molar-refractivity contribution in [2.24, 2.45) is 5.41 Å². The summed E-state index contributed by atoms with van der Waals surface area (Å²) >= 11 is 0. The fourth-order valence-corrected chi connectivity index (χ4v) is 6.98. The summed E-state index contributed by atoms with van der Waals surface area (Å²) < 4.78 is 35.3. The molecule has 0 bridgehead atoms. The Morgan fingerprint density at radius 1 is 0.970 bits per heavy atom. The minimum Gasteiger partial charge on any atom is -0.468 e. The van der Waals surface area contributed by atoms with Gasteiger partial charge >= 0.3 is 0 Å². The largest absolute Gasteiger partial charge is 0.468 e. The maximum Gasteiger partial charge on any atom is 0.244 e. The van der Waals surface area contributed by atoms with E-state index in [1.807, 2.05) is 31.2 Å². The van der Waals surface area contributed by atoms with Crippen molar-refractivity contribution in [3.05, 3.63) is 66.1 Å². The maximum absolute atomic E-state index is 13.9. The second-order valence-corrected chi connectivity index (χ2v) is 11.6. The Balaban J connectivity index is 2.02. The van der Waals surface area contributed by atoms with Gasteiger partial charge in [0.15, 0.2) is 0 Å². The van der Waals surface area contributed by atoms with E-state index in [9.17, 15) is 8.42 Å². The van der Waals surface area contributed by atoms with Gasteiger partial charge in [0.1, 0.15) is 5.76 Å². The van der Waals surface area contributed by atoms with Crippen molar-refractivity contribution in [1.82, 2.24) is 4.31 Å². The van der Waals surface area contributed by atoms with Gasteiger partial charge < -0.3 is 4.42 Å². The molecule has 2 aromatic rings. The Labute approximate surface area is 201 Å². The monoisotopic (exact) mass is 471 g/mol. The summed E-state index contributed by atoms with van der Waals surface area (Å²) in [4.78, 5) is 0.338. The topological polar surface area (TPSA) is 50.5 Å². The summed E-state index contributed by atoms with van der Waals surface area (Å²) in [6, 6.07) is 10.6. The second-order valence-electron chi connectivity index (χ2n) is 9.66. The number of unbranched alkanes of at least 4 members (excludes halogenated alkanes) is 6. The maximum atomic E-state index is 13.9. The highest BCUT2D eigenvalue weighted by atomic mass is 32.2. The molecule has 3 rings (SSSR count). The van der Waals surface area contributed by atoms with Gasteiger partial charge in [-0.3, -0.25) is 0 Å². The van der Waals surface area contributed by atoms with Crippen molar-refractivity contribution in [1.29, 1.82) is 0 Å². The van der Waals surface area contributed by atoms with Gasteiger partial charge in [0.25, 0.3) is 0 Å². The molecule has 0 N–H and O–H groups in total. The van der Waals surface area contributed by atoms with Crippen LogP contribution in [0.2, 0.25) is 0 Å². The SMILES string of the molecule is C=C1CN(S(=O)(=O)c2ccc(C)cc2)C(c2ccco2)C1(CCCCCC)CCCCCC. The van der Waals surface area contributed by atoms with Crippen LogP contribution in [0.3, 0.4) is 0 Å². The normalized spacial score (nSPS) is 18.8. The molecule has 1 unspecified atom stereocenters. The van der Waals surface area contributed by atoms with E-state index in [4.69, 9.17) is 4.42 Å². The van der Waals surface area contributed by atoms with Crippen LogP contribution in [-0.4, -0.2) is 19.3 Å². The number of sulfonamides is 1. The summed E-state index contributed by atoms with van der Waals surface area (Å²) in [6.07, 6.45) is 12.8. The molecule has 5 heteroatoms. The average molecular weight is 472 g/mol. The molecule has 0 spiro atoms. The summed E-state index contributed by atoms with van der Waals surface area (Å²) in [5, 5.41) is 0. The van der Waals surface area contributed by atoms with Gasteiger partial charge in [0, 0.05) is 12.0 Å². The number of aryl methyl sites for hydroxylation is 1. The lowest BCUT2D eigenvalue weighted by atomic mass is 9.69. The Bertz CT molecular complexity index is 965. The number of hydrogen-bond donors (Lipinski definition) is 0. The van der Waals surface area contributed by atoms with Crippen LogP contribution in [0.25, 0.3) is 0 Å². The predicted molar refractivity (Wildman–Crippen MR) is 136 cm³/mol. The van der Waals surface area contributed by atoms with Crippen LogP contribution in [0.4, 0.5) is 0 Å². The molecule has 33 heavy (non-hydrogen) atoms. The predicted octanol–water partition coefficient (Wildman–Crippen LogP) is 7.82. The summed E-state index contributed by atoms with van der Waals surface area (Å²) in [7, 11) is -3.69. The van der Waals surface area contributed by atoms with E-state index in [0.29, 0.717) is 11.4 Å². The lowest BCUT2D eigenvalue weighted by Crippen LogP contribution is -2.36. The Morgan fingerprint density at radius 2 is 1.58 bits per heavy atom. The number of nitrogens with zero attached hydrogens (tertiary/aromatic N) is 1. The first-order valence-electron chi connectivity index (χ1n) is 12.7. The molecule has 1 atom stereocenters. The van der Waals surface area contributed by atoms with Gasteiger partial charge in [-0.1, -0.05) is 95.1 Å². The third-order valence-electron chi connectivity index (χ3n) is 7.26. The van der Waals surface area contributed by atoms with Gasteiger partial charge in [-0.05, 0) is 44.0 Å². The minimum absolute atomic E-state index is 0.295. The van der Waals surface area contributed by atoms with Crippen molar-refractivity contribution in [2.75, 3.05) is 6.54 Å². The van der Waals surface area contributed by atoms with Gasteiger partial charge in [-0.25, -0.2) is 8.42 Å². The summed E-state index contributed by atoms with van der Waals surface area (Å²) in [5.41, 5.74) is 1.79. The standard InChI is InChI=1S/C28H41NO3S/c1-5-7-9-11-19-28(20-12-10-8-6-2)24(4)22-29(27(28)26-14-13-21-32-26)33(30,31)25-17-15-23(3)16-18-25/h13-18,21,27H,4-12,19-20,22H2,1-3H3.